The fourth-order valence-corrected chi connectivity index (χ4v) is 4.61. The smallest absolute Gasteiger partial charge is 0.324 e. The molecule has 0 unspecified atom stereocenters. The Bertz CT molecular complexity index is 1190. The van der Waals surface area contributed by atoms with Crippen molar-refractivity contribution in [1.29, 1.82) is 0 Å². The van der Waals surface area contributed by atoms with Gasteiger partial charge in [-0.1, -0.05) is 58.4 Å². The van der Waals surface area contributed by atoms with Crippen LogP contribution in [0.3, 0.4) is 0 Å². The zero-order valence-corrected chi connectivity index (χ0v) is 18.9. The first-order valence-electron chi connectivity index (χ1n) is 9.33. The van der Waals surface area contributed by atoms with Crippen molar-refractivity contribution in [3.05, 3.63) is 94.5 Å². The monoisotopic (exact) mass is 526 g/mol. The third kappa shape index (κ3) is 5.96. The van der Waals surface area contributed by atoms with Crippen LogP contribution in [0.5, 0.6) is 0 Å². The first kappa shape index (κ1) is 24.0. The second-order valence-electron chi connectivity index (χ2n) is 6.80. The molecule has 3 aromatic carbocycles. The summed E-state index contributed by atoms with van der Waals surface area (Å²) in [5, 5.41) is 2.19. The summed E-state index contributed by atoms with van der Waals surface area (Å²) in [6.07, 6.45) is -4.67. The van der Waals surface area contributed by atoms with Gasteiger partial charge in [0, 0.05) is 11.0 Å². The molecule has 0 saturated carbocycles. The Morgan fingerprint density at radius 2 is 1.50 bits per heavy atom. The highest BCUT2D eigenvalue weighted by molar-refractivity contribution is 9.10. The summed E-state index contributed by atoms with van der Waals surface area (Å²) in [6.45, 7) is -0.799. The number of para-hydroxylation sites is 1. The Kier molecular flexibility index (Phi) is 7.37. The number of anilines is 1. The molecule has 3 rings (SSSR count). The maximum absolute atomic E-state index is 13.2. The lowest BCUT2D eigenvalue weighted by atomic mass is 10.1. The van der Waals surface area contributed by atoms with Crippen LogP contribution in [0.15, 0.2) is 88.2 Å². The first-order valence-corrected chi connectivity index (χ1v) is 11.6. The Balaban J connectivity index is 1.89. The molecule has 10 heteroatoms. The predicted octanol–water partition coefficient (Wildman–Crippen LogP) is 5.30. The molecule has 1 N–H and O–H groups in total. The standard InChI is InChI=1S/C22H18BrF3N2O3S/c23-17-10-12-18(13-11-17)32(30,31)28(14-16-6-2-1-3-7-16)15-21(29)27-20-9-5-4-8-19(20)22(24,25)26/h1-13H,14-15H2,(H,27,29). The van der Waals surface area contributed by atoms with Gasteiger partial charge in [0.2, 0.25) is 15.9 Å². The summed E-state index contributed by atoms with van der Waals surface area (Å²) in [5.74, 6) is -0.890. The predicted molar refractivity (Wildman–Crippen MR) is 118 cm³/mol. The van der Waals surface area contributed by atoms with Crippen molar-refractivity contribution in [2.45, 2.75) is 17.6 Å². The van der Waals surface area contributed by atoms with Gasteiger partial charge in [-0.25, -0.2) is 8.42 Å². The number of benzene rings is 3. The summed E-state index contributed by atoms with van der Waals surface area (Å²) in [5.41, 5.74) is -0.832. The van der Waals surface area contributed by atoms with Crippen LogP contribution >= 0.6 is 15.9 Å². The van der Waals surface area contributed by atoms with Crippen molar-refractivity contribution in [1.82, 2.24) is 4.31 Å². The minimum atomic E-state index is -4.67. The highest BCUT2D eigenvalue weighted by Crippen LogP contribution is 2.34. The molecule has 0 heterocycles. The summed E-state index contributed by atoms with van der Waals surface area (Å²) in [6, 6.07) is 19.0. The van der Waals surface area contributed by atoms with Gasteiger partial charge in [0.15, 0.2) is 0 Å². The van der Waals surface area contributed by atoms with Crippen LogP contribution in [0.2, 0.25) is 0 Å². The molecule has 0 fully saturated rings. The number of amides is 1. The zero-order chi connectivity index (χ0) is 23.4. The quantitative estimate of drug-likeness (QED) is 0.454. The minimum Gasteiger partial charge on any atom is -0.324 e. The van der Waals surface area contributed by atoms with Gasteiger partial charge in [0.25, 0.3) is 0 Å². The molecule has 0 bridgehead atoms. The SMILES string of the molecule is O=C(CN(Cc1ccccc1)S(=O)(=O)c1ccc(Br)cc1)Nc1ccccc1C(F)(F)F. The van der Waals surface area contributed by atoms with E-state index in [4.69, 9.17) is 0 Å². The van der Waals surface area contributed by atoms with Crippen molar-refractivity contribution >= 4 is 37.5 Å². The van der Waals surface area contributed by atoms with E-state index in [-0.39, 0.29) is 11.4 Å². The van der Waals surface area contributed by atoms with Gasteiger partial charge < -0.3 is 5.32 Å². The minimum absolute atomic E-state index is 0.0416. The fraction of sp³-hybridized carbons (Fsp3) is 0.136. The normalized spacial score (nSPS) is 12.0. The molecule has 0 radical (unpaired) electrons. The molecular formula is C22H18BrF3N2O3S. The van der Waals surface area contributed by atoms with E-state index in [9.17, 15) is 26.4 Å². The molecule has 5 nitrogen and oxygen atoms in total. The van der Waals surface area contributed by atoms with Crippen LogP contribution in [0.25, 0.3) is 0 Å². The Hall–Kier alpha value is -2.69. The van der Waals surface area contributed by atoms with Crippen LogP contribution in [0, 0.1) is 0 Å². The van der Waals surface area contributed by atoms with E-state index in [2.05, 4.69) is 21.2 Å². The Morgan fingerprint density at radius 3 is 2.12 bits per heavy atom. The third-order valence-electron chi connectivity index (χ3n) is 4.48. The second-order valence-corrected chi connectivity index (χ2v) is 9.66. The van der Waals surface area contributed by atoms with Gasteiger partial charge in [-0.05, 0) is 42.0 Å². The van der Waals surface area contributed by atoms with Gasteiger partial charge in [0.05, 0.1) is 22.7 Å². The number of halogens is 4. The van der Waals surface area contributed by atoms with Crippen molar-refractivity contribution in [2.24, 2.45) is 0 Å². The van der Waals surface area contributed by atoms with Crippen molar-refractivity contribution < 1.29 is 26.4 Å². The average Bonchev–Trinajstić information content (AvgIpc) is 2.74. The topological polar surface area (TPSA) is 66.5 Å². The van der Waals surface area contributed by atoms with E-state index in [0.717, 1.165) is 16.4 Å². The molecule has 0 spiro atoms. The molecule has 0 aliphatic heterocycles. The van der Waals surface area contributed by atoms with Gasteiger partial charge in [-0.2, -0.15) is 17.5 Å². The number of nitrogens with zero attached hydrogens (tertiary/aromatic N) is 1. The number of carbonyl (C=O) groups is 1. The molecular weight excluding hydrogens is 509 g/mol. The van der Waals surface area contributed by atoms with Crippen LogP contribution in [0.1, 0.15) is 11.1 Å². The average molecular weight is 527 g/mol. The van der Waals surface area contributed by atoms with Crippen molar-refractivity contribution in [2.75, 3.05) is 11.9 Å². The van der Waals surface area contributed by atoms with E-state index in [0.29, 0.717) is 10.0 Å². The lowest BCUT2D eigenvalue weighted by Gasteiger charge is -2.22. The maximum Gasteiger partial charge on any atom is 0.418 e. The number of sulfonamides is 1. The highest BCUT2D eigenvalue weighted by atomic mass is 79.9. The first-order chi connectivity index (χ1) is 15.1. The van der Waals surface area contributed by atoms with E-state index in [1.165, 1.54) is 24.3 Å². The van der Waals surface area contributed by atoms with E-state index in [1.54, 1.807) is 42.5 Å². The molecule has 3 aromatic rings. The summed E-state index contributed by atoms with van der Waals surface area (Å²) >= 11 is 3.24. The lowest BCUT2D eigenvalue weighted by molar-refractivity contribution is -0.137. The lowest BCUT2D eigenvalue weighted by Crippen LogP contribution is -2.37. The Labute approximate surface area is 192 Å². The van der Waals surface area contributed by atoms with Gasteiger partial charge in [0.1, 0.15) is 0 Å². The van der Waals surface area contributed by atoms with Crippen molar-refractivity contribution in [3.63, 3.8) is 0 Å². The zero-order valence-electron chi connectivity index (χ0n) is 16.5. The number of alkyl halides is 3. The second kappa shape index (κ2) is 9.85. The number of hydrogen-bond donors (Lipinski definition) is 1. The van der Waals surface area contributed by atoms with Gasteiger partial charge >= 0.3 is 6.18 Å². The molecule has 168 valence electrons. The molecule has 0 saturated heterocycles. The van der Waals surface area contributed by atoms with Crippen LogP contribution in [0.4, 0.5) is 18.9 Å². The largest absolute Gasteiger partial charge is 0.418 e. The fourth-order valence-electron chi connectivity index (χ4n) is 2.96. The molecule has 0 aliphatic carbocycles. The summed E-state index contributed by atoms with van der Waals surface area (Å²) in [7, 11) is -4.11. The van der Waals surface area contributed by atoms with E-state index < -0.39 is 39.9 Å². The van der Waals surface area contributed by atoms with E-state index >= 15 is 0 Å². The summed E-state index contributed by atoms with van der Waals surface area (Å²) < 4.78 is 67.7. The van der Waals surface area contributed by atoms with Crippen LogP contribution in [-0.4, -0.2) is 25.2 Å². The Morgan fingerprint density at radius 1 is 0.906 bits per heavy atom. The molecule has 0 aliphatic rings. The maximum atomic E-state index is 13.2. The highest BCUT2D eigenvalue weighted by Gasteiger charge is 2.34. The molecule has 0 aromatic heterocycles. The van der Waals surface area contributed by atoms with Crippen LogP contribution in [-0.2, 0) is 27.5 Å². The van der Waals surface area contributed by atoms with Gasteiger partial charge in [-0.15, -0.1) is 0 Å². The number of carbonyl (C=O) groups excluding carboxylic acids is 1. The van der Waals surface area contributed by atoms with Crippen LogP contribution < -0.4 is 5.32 Å². The molecule has 32 heavy (non-hydrogen) atoms. The van der Waals surface area contributed by atoms with Gasteiger partial charge in [-0.3, -0.25) is 4.79 Å². The molecule has 1 amide bonds. The van der Waals surface area contributed by atoms with E-state index in [1.807, 2.05) is 0 Å². The number of hydrogen-bond acceptors (Lipinski definition) is 3. The third-order valence-corrected chi connectivity index (χ3v) is 6.81. The number of rotatable bonds is 7. The summed E-state index contributed by atoms with van der Waals surface area (Å²) in [4.78, 5) is 12.6. The number of nitrogens with one attached hydrogen (secondary N) is 1. The van der Waals surface area contributed by atoms with Crippen molar-refractivity contribution in [3.8, 4) is 0 Å². The molecule has 0 atom stereocenters.